The topological polar surface area (TPSA) is 29.3 Å². The van der Waals surface area contributed by atoms with E-state index in [1.807, 2.05) is 0 Å². The molecule has 112 valence electrons. The number of piperidine rings is 1. The molecule has 19 heavy (non-hydrogen) atoms. The first-order valence-electron chi connectivity index (χ1n) is 7.48. The molecule has 0 radical (unpaired) electrons. The van der Waals surface area contributed by atoms with Crippen molar-refractivity contribution in [1.29, 1.82) is 0 Å². The van der Waals surface area contributed by atoms with E-state index in [9.17, 15) is 13.2 Å². The van der Waals surface area contributed by atoms with Gasteiger partial charge in [-0.25, -0.2) is 0 Å². The Morgan fingerprint density at radius 1 is 1.00 bits per heavy atom. The molecular weight excluding hydrogens is 253 g/mol. The van der Waals surface area contributed by atoms with E-state index in [2.05, 4.69) is 0 Å². The molecule has 1 saturated heterocycles. The minimum atomic E-state index is -4.14. The highest BCUT2D eigenvalue weighted by atomic mass is 19.4. The summed E-state index contributed by atoms with van der Waals surface area (Å²) in [4.78, 5) is 1.62. The van der Waals surface area contributed by atoms with Crippen LogP contribution < -0.4 is 5.73 Å². The quantitative estimate of drug-likeness (QED) is 0.858. The lowest BCUT2D eigenvalue weighted by Gasteiger charge is -2.46. The van der Waals surface area contributed by atoms with Gasteiger partial charge < -0.3 is 5.73 Å². The zero-order valence-electron chi connectivity index (χ0n) is 11.5. The third-order valence-electron chi connectivity index (χ3n) is 5.03. The molecule has 0 amide bonds. The number of hydrogen-bond donors (Lipinski definition) is 1. The first-order valence-corrected chi connectivity index (χ1v) is 7.48. The lowest BCUT2D eigenvalue weighted by Crippen LogP contribution is -2.52. The maximum atomic E-state index is 13.0. The van der Waals surface area contributed by atoms with E-state index < -0.39 is 12.2 Å². The zero-order chi connectivity index (χ0) is 13.9. The van der Waals surface area contributed by atoms with E-state index in [1.54, 1.807) is 4.90 Å². The molecule has 1 heterocycles. The van der Waals surface area contributed by atoms with Crippen LogP contribution in [0, 0.1) is 5.41 Å². The highest BCUT2D eigenvalue weighted by Crippen LogP contribution is 2.45. The number of nitrogens with two attached hydrogens (primary N) is 1. The van der Waals surface area contributed by atoms with E-state index in [1.165, 1.54) is 32.1 Å². The third kappa shape index (κ3) is 3.63. The van der Waals surface area contributed by atoms with Crippen LogP contribution in [0.2, 0.25) is 0 Å². The number of nitrogens with zero attached hydrogens (tertiary/aromatic N) is 1. The number of rotatable bonds is 3. The van der Waals surface area contributed by atoms with Crippen LogP contribution in [0.5, 0.6) is 0 Å². The molecule has 2 N–H and O–H groups in total. The van der Waals surface area contributed by atoms with Gasteiger partial charge in [-0.15, -0.1) is 0 Å². The van der Waals surface area contributed by atoms with Crippen molar-refractivity contribution in [2.45, 2.75) is 63.6 Å². The summed E-state index contributed by atoms with van der Waals surface area (Å²) in [6, 6.07) is -1.33. The van der Waals surface area contributed by atoms with Gasteiger partial charge in [-0.05, 0) is 57.2 Å². The SMILES string of the molecule is NCCC(N1CCC2(CCCCC2)CC1)C(F)(F)F. The van der Waals surface area contributed by atoms with Gasteiger partial charge in [0.2, 0.25) is 0 Å². The van der Waals surface area contributed by atoms with E-state index in [-0.39, 0.29) is 13.0 Å². The summed E-state index contributed by atoms with van der Waals surface area (Å²) < 4.78 is 39.1. The molecular formula is C14H25F3N2. The highest BCUT2D eigenvalue weighted by Gasteiger charge is 2.45. The summed E-state index contributed by atoms with van der Waals surface area (Å²) in [5.41, 5.74) is 5.70. The van der Waals surface area contributed by atoms with Crippen molar-refractivity contribution in [3.05, 3.63) is 0 Å². The third-order valence-corrected chi connectivity index (χ3v) is 5.03. The Bertz CT molecular complexity index is 275. The predicted molar refractivity (Wildman–Crippen MR) is 69.8 cm³/mol. The molecule has 1 spiro atoms. The Balaban J connectivity index is 1.93. The van der Waals surface area contributed by atoms with Crippen LogP contribution in [-0.2, 0) is 0 Å². The number of halogens is 3. The summed E-state index contributed by atoms with van der Waals surface area (Å²) in [7, 11) is 0. The fourth-order valence-electron chi connectivity index (χ4n) is 3.82. The summed E-state index contributed by atoms with van der Waals surface area (Å²) in [6.45, 7) is 1.28. The number of alkyl halides is 3. The first-order chi connectivity index (χ1) is 8.97. The van der Waals surface area contributed by atoms with Crippen LogP contribution in [0.1, 0.15) is 51.4 Å². The van der Waals surface area contributed by atoms with Gasteiger partial charge in [0.05, 0.1) is 0 Å². The number of likely N-dealkylation sites (tertiary alicyclic amines) is 1. The van der Waals surface area contributed by atoms with Crippen LogP contribution in [0.4, 0.5) is 13.2 Å². The lowest BCUT2D eigenvalue weighted by molar-refractivity contribution is -0.190. The molecule has 1 atom stereocenters. The molecule has 0 aromatic heterocycles. The first kappa shape index (κ1) is 15.1. The summed E-state index contributed by atoms with van der Waals surface area (Å²) in [6.07, 6.45) is 3.99. The van der Waals surface area contributed by atoms with Gasteiger partial charge in [0.1, 0.15) is 6.04 Å². The number of hydrogen-bond acceptors (Lipinski definition) is 2. The van der Waals surface area contributed by atoms with E-state index >= 15 is 0 Å². The molecule has 0 aromatic carbocycles. The molecule has 0 aromatic rings. The Kier molecular flexibility index (Phi) is 4.77. The molecule has 2 aliphatic rings. The predicted octanol–water partition coefficient (Wildman–Crippen LogP) is 3.31. The summed E-state index contributed by atoms with van der Waals surface area (Å²) >= 11 is 0. The second-order valence-corrected chi connectivity index (χ2v) is 6.23. The van der Waals surface area contributed by atoms with Crippen LogP contribution in [0.3, 0.4) is 0 Å². The maximum Gasteiger partial charge on any atom is 0.404 e. The Labute approximate surface area is 113 Å². The maximum absolute atomic E-state index is 13.0. The zero-order valence-corrected chi connectivity index (χ0v) is 11.5. The van der Waals surface area contributed by atoms with Gasteiger partial charge >= 0.3 is 6.18 Å². The monoisotopic (exact) mass is 278 g/mol. The van der Waals surface area contributed by atoms with Crippen molar-refractivity contribution in [3.8, 4) is 0 Å². The second-order valence-electron chi connectivity index (χ2n) is 6.23. The van der Waals surface area contributed by atoms with Gasteiger partial charge in [0, 0.05) is 0 Å². The fourth-order valence-corrected chi connectivity index (χ4v) is 3.82. The Morgan fingerprint density at radius 2 is 1.58 bits per heavy atom. The molecule has 2 fully saturated rings. The van der Waals surface area contributed by atoms with Crippen LogP contribution in [0.25, 0.3) is 0 Å². The average Bonchev–Trinajstić information content (AvgIpc) is 2.37. The molecule has 1 unspecified atom stereocenters. The van der Waals surface area contributed by atoms with Crippen molar-refractivity contribution in [3.63, 3.8) is 0 Å². The van der Waals surface area contributed by atoms with Gasteiger partial charge in [-0.2, -0.15) is 13.2 Å². The minimum Gasteiger partial charge on any atom is -0.330 e. The minimum absolute atomic E-state index is 0.0243. The van der Waals surface area contributed by atoms with E-state index in [4.69, 9.17) is 5.73 Å². The van der Waals surface area contributed by atoms with E-state index in [0.29, 0.717) is 18.5 Å². The standard InChI is InChI=1S/C14H25F3N2/c15-14(16,17)12(4-9-18)19-10-7-13(8-11-19)5-2-1-3-6-13/h12H,1-11,18H2. The lowest BCUT2D eigenvalue weighted by atomic mass is 9.68. The molecule has 2 nitrogen and oxygen atoms in total. The molecule has 2 rings (SSSR count). The van der Waals surface area contributed by atoms with Crippen molar-refractivity contribution >= 4 is 0 Å². The summed E-state index contributed by atoms with van der Waals surface area (Å²) in [5.74, 6) is 0. The Morgan fingerprint density at radius 3 is 2.05 bits per heavy atom. The largest absolute Gasteiger partial charge is 0.404 e. The molecule has 1 aliphatic heterocycles. The van der Waals surface area contributed by atoms with Gasteiger partial charge in [-0.3, -0.25) is 4.90 Å². The fraction of sp³-hybridized carbons (Fsp3) is 1.00. The van der Waals surface area contributed by atoms with Crippen molar-refractivity contribution in [1.82, 2.24) is 4.90 Å². The van der Waals surface area contributed by atoms with Crippen molar-refractivity contribution in [2.24, 2.45) is 11.1 Å². The van der Waals surface area contributed by atoms with Gasteiger partial charge in [0.25, 0.3) is 0 Å². The molecule has 1 aliphatic carbocycles. The summed E-state index contributed by atoms with van der Waals surface area (Å²) in [5, 5.41) is 0. The van der Waals surface area contributed by atoms with Crippen LogP contribution in [-0.4, -0.2) is 36.8 Å². The van der Waals surface area contributed by atoms with Crippen LogP contribution in [0.15, 0.2) is 0 Å². The Hall–Kier alpha value is -0.290. The van der Waals surface area contributed by atoms with E-state index in [0.717, 1.165) is 12.8 Å². The van der Waals surface area contributed by atoms with Gasteiger partial charge in [0.15, 0.2) is 0 Å². The molecule has 0 bridgehead atoms. The van der Waals surface area contributed by atoms with Crippen molar-refractivity contribution in [2.75, 3.05) is 19.6 Å². The molecule has 5 heteroatoms. The average molecular weight is 278 g/mol. The smallest absolute Gasteiger partial charge is 0.330 e. The van der Waals surface area contributed by atoms with Gasteiger partial charge in [-0.1, -0.05) is 19.3 Å². The van der Waals surface area contributed by atoms with Crippen LogP contribution >= 0.6 is 0 Å². The highest BCUT2D eigenvalue weighted by molar-refractivity contribution is 4.91. The normalized spacial score (nSPS) is 26.5. The second kappa shape index (κ2) is 6.00. The molecule has 1 saturated carbocycles. The van der Waals surface area contributed by atoms with Crippen molar-refractivity contribution < 1.29 is 13.2 Å².